The van der Waals surface area contributed by atoms with Crippen molar-refractivity contribution in [2.75, 3.05) is 12.4 Å². The van der Waals surface area contributed by atoms with E-state index in [1.165, 1.54) is 13.2 Å². The first-order valence-corrected chi connectivity index (χ1v) is 10.7. The molecule has 172 valence electrons. The molecule has 0 saturated carbocycles. The minimum absolute atomic E-state index is 0.0588. The van der Waals surface area contributed by atoms with Crippen LogP contribution in [-0.4, -0.2) is 18.8 Å². The van der Waals surface area contributed by atoms with Crippen molar-refractivity contribution in [2.45, 2.75) is 39.5 Å². The number of rotatable bonds is 4. The normalized spacial score (nSPS) is 19.7. The zero-order valence-corrected chi connectivity index (χ0v) is 19.0. The van der Waals surface area contributed by atoms with Gasteiger partial charge in [-0.2, -0.15) is 0 Å². The molecule has 0 saturated heterocycles. The van der Waals surface area contributed by atoms with Crippen molar-refractivity contribution in [3.8, 4) is 5.75 Å². The highest BCUT2D eigenvalue weighted by atomic mass is 19.1. The summed E-state index contributed by atoms with van der Waals surface area (Å²) in [6.45, 7) is 5.79. The molecule has 5 nitrogen and oxygen atoms in total. The SMILES string of the molecule is COc1cccc(C2C(C(=O)Nc3c(F)cccc3F)=C(C)NC3=C2C(=O)CC(C)(C)C3)c1. The van der Waals surface area contributed by atoms with Gasteiger partial charge in [0.05, 0.1) is 7.11 Å². The summed E-state index contributed by atoms with van der Waals surface area (Å²) in [4.78, 5) is 26.7. The van der Waals surface area contributed by atoms with Crippen LogP contribution >= 0.6 is 0 Å². The molecule has 1 heterocycles. The van der Waals surface area contributed by atoms with Gasteiger partial charge in [-0.25, -0.2) is 8.78 Å². The number of benzene rings is 2. The van der Waals surface area contributed by atoms with Gasteiger partial charge < -0.3 is 15.4 Å². The molecule has 2 aromatic rings. The number of allylic oxidation sites excluding steroid dienone is 3. The Bertz CT molecular complexity index is 1190. The quantitative estimate of drug-likeness (QED) is 0.668. The highest BCUT2D eigenvalue weighted by molar-refractivity contribution is 6.10. The lowest BCUT2D eigenvalue weighted by atomic mass is 9.68. The Balaban J connectivity index is 1.84. The van der Waals surface area contributed by atoms with Crippen LogP contribution in [0.5, 0.6) is 5.75 Å². The molecule has 1 aliphatic carbocycles. The molecule has 2 N–H and O–H groups in total. The number of hydrogen-bond acceptors (Lipinski definition) is 4. The van der Waals surface area contributed by atoms with Gasteiger partial charge in [0.25, 0.3) is 5.91 Å². The Labute approximate surface area is 191 Å². The number of anilines is 1. The lowest BCUT2D eigenvalue weighted by Crippen LogP contribution is -2.39. The Hall–Kier alpha value is -3.48. The lowest BCUT2D eigenvalue weighted by Gasteiger charge is -2.39. The fourth-order valence-electron chi connectivity index (χ4n) is 4.69. The van der Waals surface area contributed by atoms with Crippen LogP contribution in [0.3, 0.4) is 0 Å². The van der Waals surface area contributed by atoms with Crippen LogP contribution in [0.25, 0.3) is 0 Å². The summed E-state index contributed by atoms with van der Waals surface area (Å²) in [5.74, 6) is -2.61. The van der Waals surface area contributed by atoms with Crippen molar-refractivity contribution >= 4 is 17.4 Å². The molecule has 33 heavy (non-hydrogen) atoms. The first-order chi connectivity index (χ1) is 15.6. The van der Waals surface area contributed by atoms with E-state index in [-0.39, 0.29) is 16.8 Å². The predicted octanol–water partition coefficient (Wildman–Crippen LogP) is 5.22. The fourth-order valence-corrected chi connectivity index (χ4v) is 4.69. The number of para-hydroxylation sites is 1. The van der Waals surface area contributed by atoms with E-state index in [0.717, 1.165) is 17.8 Å². The van der Waals surface area contributed by atoms with Gasteiger partial charge in [0.15, 0.2) is 5.78 Å². The number of hydrogen-bond donors (Lipinski definition) is 2. The van der Waals surface area contributed by atoms with Crippen molar-refractivity contribution in [1.82, 2.24) is 5.32 Å². The van der Waals surface area contributed by atoms with E-state index in [1.807, 2.05) is 19.9 Å². The standard InChI is InChI=1S/C26H26F2N2O3/c1-14-21(25(32)30-24-17(27)9-6-10-18(24)28)22(15-7-5-8-16(11-15)33-4)23-19(29-14)12-26(2,3)13-20(23)31/h5-11,22,29H,12-13H2,1-4H3,(H,30,32). The second-order valence-electron chi connectivity index (χ2n) is 9.26. The van der Waals surface area contributed by atoms with Crippen LogP contribution in [0.1, 0.15) is 45.1 Å². The van der Waals surface area contributed by atoms with Gasteiger partial charge in [0, 0.05) is 34.9 Å². The van der Waals surface area contributed by atoms with Gasteiger partial charge in [-0.15, -0.1) is 0 Å². The summed E-state index contributed by atoms with van der Waals surface area (Å²) in [5, 5.41) is 5.62. The topological polar surface area (TPSA) is 67.4 Å². The van der Waals surface area contributed by atoms with E-state index in [9.17, 15) is 18.4 Å². The molecular weight excluding hydrogens is 426 g/mol. The second kappa shape index (κ2) is 8.46. The molecule has 4 rings (SSSR count). The number of methoxy groups -OCH3 is 1. The van der Waals surface area contributed by atoms with Crippen molar-refractivity contribution < 1.29 is 23.1 Å². The molecule has 1 aliphatic heterocycles. The van der Waals surface area contributed by atoms with E-state index < -0.39 is 29.1 Å². The number of carbonyl (C=O) groups excluding carboxylic acids is 2. The Kier molecular flexibility index (Phi) is 5.82. The van der Waals surface area contributed by atoms with Crippen LogP contribution in [0.15, 0.2) is 65.0 Å². The molecular formula is C26H26F2N2O3. The summed E-state index contributed by atoms with van der Waals surface area (Å²) in [6.07, 6.45) is 0.979. The Morgan fingerprint density at radius 2 is 1.79 bits per heavy atom. The van der Waals surface area contributed by atoms with Gasteiger partial charge >= 0.3 is 0 Å². The number of ether oxygens (including phenoxy) is 1. The summed E-state index contributed by atoms with van der Waals surface area (Å²) in [5.41, 5.74) is 1.98. The molecule has 7 heteroatoms. The molecule has 0 aromatic heterocycles. The van der Waals surface area contributed by atoms with Crippen molar-refractivity contribution in [2.24, 2.45) is 5.41 Å². The maximum Gasteiger partial charge on any atom is 0.254 e. The van der Waals surface area contributed by atoms with Gasteiger partial charge in [0.2, 0.25) is 0 Å². The molecule has 1 atom stereocenters. The summed E-state index contributed by atoms with van der Waals surface area (Å²) >= 11 is 0. The van der Waals surface area contributed by atoms with Gasteiger partial charge in [-0.05, 0) is 48.6 Å². The first-order valence-electron chi connectivity index (χ1n) is 10.7. The molecule has 1 unspecified atom stereocenters. The molecule has 0 bridgehead atoms. The van der Waals surface area contributed by atoms with Crippen LogP contribution in [0.4, 0.5) is 14.5 Å². The smallest absolute Gasteiger partial charge is 0.254 e. The summed E-state index contributed by atoms with van der Waals surface area (Å²) in [6, 6.07) is 10.5. The van der Waals surface area contributed by atoms with Crippen LogP contribution in [0.2, 0.25) is 0 Å². The number of nitrogens with one attached hydrogen (secondary N) is 2. The van der Waals surface area contributed by atoms with Crippen molar-refractivity contribution in [3.63, 3.8) is 0 Å². The largest absolute Gasteiger partial charge is 0.497 e. The molecule has 2 aliphatic rings. The summed E-state index contributed by atoms with van der Waals surface area (Å²) < 4.78 is 33.8. The molecule has 0 radical (unpaired) electrons. The van der Waals surface area contributed by atoms with Gasteiger partial charge in [-0.3, -0.25) is 9.59 Å². The van der Waals surface area contributed by atoms with Crippen molar-refractivity contribution in [3.05, 3.63) is 82.2 Å². The van der Waals surface area contributed by atoms with E-state index in [1.54, 1.807) is 25.1 Å². The average Bonchev–Trinajstić information content (AvgIpc) is 2.74. The van der Waals surface area contributed by atoms with Crippen LogP contribution < -0.4 is 15.4 Å². The lowest BCUT2D eigenvalue weighted by molar-refractivity contribution is -0.118. The number of dihydropyridines is 1. The van der Waals surface area contributed by atoms with E-state index >= 15 is 0 Å². The highest BCUT2D eigenvalue weighted by Crippen LogP contribution is 2.47. The molecule has 2 aromatic carbocycles. The van der Waals surface area contributed by atoms with Gasteiger partial charge in [0.1, 0.15) is 23.1 Å². The first kappa shape index (κ1) is 22.7. The highest BCUT2D eigenvalue weighted by Gasteiger charge is 2.43. The fraction of sp³-hybridized carbons (Fsp3) is 0.308. The molecule has 0 spiro atoms. The third kappa shape index (κ3) is 4.27. The number of ketones is 1. The molecule has 1 amide bonds. The zero-order chi connectivity index (χ0) is 23.9. The van der Waals surface area contributed by atoms with Gasteiger partial charge in [-0.1, -0.05) is 32.0 Å². The van der Waals surface area contributed by atoms with E-state index in [4.69, 9.17) is 4.74 Å². The predicted molar refractivity (Wildman–Crippen MR) is 122 cm³/mol. The monoisotopic (exact) mass is 452 g/mol. The number of Topliss-reactive ketones (excluding diaryl/α,β-unsaturated/α-hetero) is 1. The van der Waals surface area contributed by atoms with Crippen LogP contribution in [-0.2, 0) is 9.59 Å². The Morgan fingerprint density at radius 3 is 2.45 bits per heavy atom. The minimum Gasteiger partial charge on any atom is -0.497 e. The minimum atomic E-state index is -0.876. The molecule has 0 fully saturated rings. The number of carbonyl (C=O) groups is 2. The third-order valence-corrected chi connectivity index (χ3v) is 6.11. The van der Waals surface area contributed by atoms with Crippen LogP contribution in [0, 0.1) is 17.0 Å². The van der Waals surface area contributed by atoms with E-state index in [0.29, 0.717) is 35.4 Å². The average molecular weight is 453 g/mol. The van der Waals surface area contributed by atoms with Crippen molar-refractivity contribution in [1.29, 1.82) is 0 Å². The number of amides is 1. The summed E-state index contributed by atoms with van der Waals surface area (Å²) in [7, 11) is 1.54. The second-order valence-corrected chi connectivity index (χ2v) is 9.26. The maximum absolute atomic E-state index is 14.2. The third-order valence-electron chi connectivity index (χ3n) is 6.11. The zero-order valence-electron chi connectivity index (χ0n) is 19.0. The number of halogens is 2. The Morgan fingerprint density at radius 1 is 1.12 bits per heavy atom. The maximum atomic E-state index is 14.2. The van der Waals surface area contributed by atoms with E-state index in [2.05, 4.69) is 10.6 Å².